The number of amides is 2. The van der Waals surface area contributed by atoms with E-state index in [2.05, 4.69) is 0 Å². The van der Waals surface area contributed by atoms with Crippen LogP contribution in [-0.4, -0.2) is 23.5 Å². The van der Waals surface area contributed by atoms with Crippen molar-refractivity contribution in [1.82, 2.24) is 0 Å². The van der Waals surface area contributed by atoms with Crippen molar-refractivity contribution in [1.29, 1.82) is 0 Å². The largest absolute Gasteiger partial charge is 0.493 e. The fourth-order valence-corrected chi connectivity index (χ4v) is 3.76. The lowest BCUT2D eigenvalue weighted by atomic mass is 10.0. The van der Waals surface area contributed by atoms with Gasteiger partial charge in [-0.3, -0.25) is 19.4 Å². The molecule has 1 fully saturated rings. The van der Waals surface area contributed by atoms with Crippen LogP contribution >= 0.6 is 12.2 Å². The minimum atomic E-state index is -0.473. The van der Waals surface area contributed by atoms with E-state index in [9.17, 15) is 9.59 Å². The number of thiocarbonyl (C=S) groups is 1. The van der Waals surface area contributed by atoms with Crippen LogP contribution in [0.25, 0.3) is 6.08 Å². The summed E-state index contributed by atoms with van der Waals surface area (Å²) in [6.45, 7) is 2.35. The highest BCUT2D eigenvalue weighted by atomic mass is 32.1. The van der Waals surface area contributed by atoms with Crippen molar-refractivity contribution in [3.8, 4) is 5.75 Å². The van der Waals surface area contributed by atoms with Gasteiger partial charge in [-0.15, -0.1) is 0 Å². The van der Waals surface area contributed by atoms with E-state index in [0.717, 1.165) is 0 Å². The van der Waals surface area contributed by atoms with E-state index in [1.807, 2.05) is 67.6 Å². The Kier molecular flexibility index (Phi) is 5.91. The van der Waals surface area contributed by atoms with Gasteiger partial charge in [0.25, 0.3) is 11.8 Å². The van der Waals surface area contributed by atoms with Gasteiger partial charge < -0.3 is 4.74 Å². The topological polar surface area (TPSA) is 49.9 Å². The van der Waals surface area contributed by atoms with Crippen molar-refractivity contribution in [2.45, 2.75) is 6.92 Å². The van der Waals surface area contributed by atoms with Gasteiger partial charge in [0, 0.05) is 5.56 Å². The van der Waals surface area contributed by atoms with Gasteiger partial charge >= 0.3 is 0 Å². The zero-order valence-electron chi connectivity index (χ0n) is 16.9. The molecule has 3 aromatic carbocycles. The van der Waals surface area contributed by atoms with Gasteiger partial charge in [0.1, 0.15) is 11.3 Å². The van der Waals surface area contributed by atoms with Gasteiger partial charge in [0.2, 0.25) is 0 Å². The number of hydrogen-bond donors (Lipinski definition) is 0. The number of carbonyl (C=O) groups excluding carboxylic acids is 2. The van der Waals surface area contributed by atoms with Crippen LogP contribution in [0.5, 0.6) is 5.75 Å². The van der Waals surface area contributed by atoms with Crippen molar-refractivity contribution in [3.05, 3.63) is 96.1 Å². The van der Waals surface area contributed by atoms with E-state index < -0.39 is 11.8 Å². The fraction of sp³-hybridized carbons (Fsp3) is 0.0800. The smallest absolute Gasteiger partial charge is 0.270 e. The van der Waals surface area contributed by atoms with Crippen LogP contribution in [0.15, 0.2) is 90.5 Å². The van der Waals surface area contributed by atoms with Crippen molar-refractivity contribution >= 4 is 46.6 Å². The summed E-state index contributed by atoms with van der Waals surface area (Å²) in [5.41, 5.74) is 1.84. The molecule has 5 nitrogen and oxygen atoms in total. The van der Waals surface area contributed by atoms with Crippen LogP contribution in [-0.2, 0) is 9.59 Å². The summed E-state index contributed by atoms with van der Waals surface area (Å²) in [6.07, 6.45) is 1.57. The molecule has 0 aromatic heterocycles. The third kappa shape index (κ3) is 3.98. The van der Waals surface area contributed by atoms with Crippen molar-refractivity contribution in [3.63, 3.8) is 0 Å². The predicted octanol–water partition coefficient (Wildman–Crippen LogP) is 4.83. The number of carbonyl (C=O) groups is 2. The second kappa shape index (κ2) is 8.93. The molecule has 1 saturated heterocycles. The molecule has 0 radical (unpaired) electrons. The van der Waals surface area contributed by atoms with Crippen LogP contribution in [0.2, 0.25) is 0 Å². The number of ether oxygens (including phenoxy) is 1. The van der Waals surface area contributed by atoms with Gasteiger partial charge in [-0.2, -0.15) is 0 Å². The molecular weight excluding hydrogens is 408 g/mol. The normalized spacial score (nSPS) is 14.1. The molecule has 0 N–H and O–H groups in total. The first-order valence-corrected chi connectivity index (χ1v) is 10.3. The summed E-state index contributed by atoms with van der Waals surface area (Å²) in [7, 11) is 0. The molecule has 0 unspecified atom stereocenters. The van der Waals surface area contributed by atoms with Gasteiger partial charge in [0.05, 0.1) is 18.0 Å². The molecule has 2 amide bonds. The molecule has 0 spiro atoms. The number of nitrogens with zero attached hydrogens (tertiary/aromatic N) is 2. The highest BCUT2D eigenvalue weighted by Crippen LogP contribution is 2.31. The number of hydrogen-bond acceptors (Lipinski definition) is 4. The van der Waals surface area contributed by atoms with E-state index in [-0.39, 0.29) is 10.7 Å². The molecule has 4 rings (SSSR count). The molecule has 0 aliphatic carbocycles. The molecular formula is C25H20N2O3S. The summed E-state index contributed by atoms with van der Waals surface area (Å²) in [4.78, 5) is 29.7. The van der Waals surface area contributed by atoms with Crippen LogP contribution in [0.1, 0.15) is 12.5 Å². The Hall–Kier alpha value is -3.77. The molecule has 1 heterocycles. The van der Waals surface area contributed by atoms with Gasteiger partial charge in [0.15, 0.2) is 5.11 Å². The maximum absolute atomic E-state index is 13.5. The van der Waals surface area contributed by atoms with Crippen LogP contribution in [0, 0.1) is 0 Å². The first kappa shape index (κ1) is 20.5. The number of rotatable bonds is 5. The maximum Gasteiger partial charge on any atom is 0.270 e. The van der Waals surface area contributed by atoms with E-state index in [1.54, 1.807) is 30.3 Å². The SMILES string of the molecule is CCOc1ccccc1C=C1C(=O)N(c2ccccc2)C(=S)N(c2ccccc2)C1=O. The lowest BCUT2D eigenvalue weighted by Gasteiger charge is -2.36. The first-order valence-electron chi connectivity index (χ1n) is 9.88. The number of para-hydroxylation sites is 3. The standard InChI is InChI=1S/C25H20N2O3S/c1-2-30-22-16-10-9-11-18(22)17-21-23(28)26(19-12-5-3-6-13-19)25(31)27(24(21)29)20-14-7-4-8-15-20/h3-17H,2H2,1H3. The molecule has 3 aromatic rings. The summed E-state index contributed by atoms with van der Waals surface area (Å²) in [5, 5.41) is 0.114. The summed E-state index contributed by atoms with van der Waals surface area (Å²) in [5.74, 6) is -0.344. The maximum atomic E-state index is 13.5. The molecule has 154 valence electrons. The Morgan fingerprint density at radius 1 is 0.774 bits per heavy atom. The lowest BCUT2D eigenvalue weighted by Crippen LogP contribution is -2.56. The Balaban J connectivity index is 1.87. The number of anilines is 2. The Morgan fingerprint density at radius 3 is 1.77 bits per heavy atom. The predicted molar refractivity (Wildman–Crippen MR) is 126 cm³/mol. The third-order valence-corrected chi connectivity index (χ3v) is 5.16. The van der Waals surface area contributed by atoms with Gasteiger partial charge in [-0.1, -0.05) is 54.6 Å². The summed E-state index contributed by atoms with van der Waals surface area (Å²) < 4.78 is 5.67. The molecule has 1 aliphatic heterocycles. The minimum absolute atomic E-state index is 0.00783. The van der Waals surface area contributed by atoms with Crippen LogP contribution in [0.3, 0.4) is 0 Å². The molecule has 6 heteroatoms. The fourth-order valence-electron chi connectivity index (χ4n) is 3.38. The van der Waals surface area contributed by atoms with E-state index >= 15 is 0 Å². The highest BCUT2D eigenvalue weighted by molar-refractivity contribution is 7.81. The molecule has 0 bridgehead atoms. The summed E-state index contributed by atoms with van der Waals surface area (Å²) in [6, 6.07) is 25.4. The Labute approximate surface area is 186 Å². The first-order chi connectivity index (χ1) is 15.1. The second-order valence-corrected chi connectivity index (χ2v) is 7.13. The van der Waals surface area contributed by atoms with E-state index in [0.29, 0.717) is 29.3 Å². The lowest BCUT2D eigenvalue weighted by molar-refractivity contribution is -0.120. The molecule has 1 aliphatic rings. The minimum Gasteiger partial charge on any atom is -0.493 e. The monoisotopic (exact) mass is 428 g/mol. The zero-order valence-corrected chi connectivity index (χ0v) is 17.7. The highest BCUT2D eigenvalue weighted by Gasteiger charge is 2.41. The van der Waals surface area contributed by atoms with Crippen molar-refractivity contribution in [2.24, 2.45) is 0 Å². The third-order valence-electron chi connectivity index (χ3n) is 4.80. The number of benzene rings is 3. The van der Waals surface area contributed by atoms with E-state index in [1.165, 1.54) is 9.80 Å². The van der Waals surface area contributed by atoms with Crippen LogP contribution in [0.4, 0.5) is 11.4 Å². The quantitative estimate of drug-likeness (QED) is 0.332. The van der Waals surface area contributed by atoms with Crippen LogP contribution < -0.4 is 14.5 Å². The Morgan fingerprint density at radius 2 is 1.26 bits per heavy atom. The van der Waals surface area contributed by atoms with Crippen molar-refractivity contribution < 1.29 is 14.3 Å². The molecule has 0 atom stereocenters. The van der Waals surface area contributed by atoms with Gasteiger partial charge in [-0.25, -0.2) is 0 Å². The molecule has 31 heavy (non-hydrogen) atoms. The molecule has 0 saturated carbocycles. The van der Waals surface area contributed by atoms with E-state index in [4.69, 9.17) is 17.0 Å². The Bertz CT molecular complexity index is 1100. The van der Waals surface area contributed by atoms with Crippen molar-refractivity contribution in [2.75, 3.05) is 16.4 Å². The average Bonchev–Trinajstić information content (AvgIpc) is 2.79. The zero-order chi connectivity index (χ0) is 21.8. The second-order valence-electron chi connectivity index (χ2n) is 6.76. The average molecular weight is 429 g/mol. The summed E-state index contributed by atoms with van der Waals surface area (Å²) >= 11 is 5.61. The van der Waals surface area contributed by atoms with Gasteiger partial charge in [-0.05, 0) is 55.5 Å².